The highest BCUT2D eigenvalue weighted by Gasteiger charge is 2.09. The number of hydrogen-bond acceptors (Lipinski definition) is 3. The second-order valence-corrected chi connectivity index (χ2v) is 5.04. The molecule has 1 aromatic rings. The van der Waals surface area contributed by atoms with Crippen LogP contribution in [0.2, 0.25) is 0 Å². The fourth-order valence-electron chi connectivity index (χ4n) is 2.16. The summed E-state index contributed by atoms with van der Waals surface area (Å²) in [6.07, 6.45) is 1.12. The quantitative estimate of drug-likeness (QED) is 0.782. The maximum Gasteiger partial charge on any atom is 0.126 e. The molecule has 1 rings (SSSR count). The molecule has 0 N–H and O–H groups in total. The van der Waals surface area contributed by atoms with Crippen LogP contribution in [0.3, 0.4) is 0 Å². The van der Waals surface area contributed by atoms with E-state index in [0.29, 0.717) is 0 Å². The average molecular weight is 253 g/mol. The zero-order chi connectivity index (χ0) is 12.8. The normalized spacial score (nSPS) is 10.9. The monoisotopic (exact) mass is 253 g/mol. The third kappa shape index (κ3) is 4.25. The summed E-state index contributed by atoms with van der Waals surface area (Å²) in [5, 5.41) is 0. The summed E-state index contributed by atoms with van der Waals surface area (Å²) in [7, 11) is 3.88. The lowest BCUT2D eigenvalue weighted by molar-refractivity contribution is 0.318. The standard InChI is InChI=1S/C14H23NOS/c1-11-8-12(2)14(16-4)13(9-11)10-15(3)6-5-7-17/h8-9,17H,5-7,10H2,1-4H3. The van der Waals surface area contributed by atoms with Crippen LogP contribution in [-0.4, -0.2) is 31.4 Å². The second kappa shape index (κ2) is 6.92. The van der Waals surface area contributed by atoms with E-state index in [1.54, 1.807) is 7.11 Å². The Morgan fingerprint density at radius 3 is 2.59 bits per heavy atom. The molecule has 0 saturated heterocycles. The number of hydrogen-bond donors (Lipinski definition) is 1. The molecule has 3 heteroatoms. The number of nitrogens with zero attached hydrogens (tertiary/aromatic N) is 1. The minimum Gasteiger partial charge on any atom is -0.496 e. The van der Waals surface area contributed by atoms with Crippen LogP contribution in [0.4, 0.5) is 0 Å². The molecule has 96 valence electrons. The fraction of sp³-hybridized carbons (Fsp3) is 0.571. The van der Waals surface area contributed by atoms with Gasteiger partial charge < -0.3 is 9.64 Å². The molecule has 0 spiro atoms. The van der Waals surface area contributed by atoms with E-state index in [1.807, 2.05) is 0 Å². The predicted octanol–water partition coefficient (Wildman–Crippen LogP) is 3.06. The third-order valence-electron chi connectivity index (χ3n) is 2.84. The molecular formula is C14H23NOS. The molecule has 0 fully saturated rings. The van der Waals surface area contributed by atoms with Crippen LogP contribution >= 0.6 is 12.6 Å². The largest absolute Gasteiger partial charge is 0.496 e. The van der Waals surface area contributed by atoms with Crippen molar-refractivity contribution < 1.29 is 4.74 Å². The molecule has 2 nitrogen and oxygen atoms in total. The van der Waals surface area contributed by atoms with Gasteiger partial charge in [0.15, 0.2) is 0 Å². The van der Waals surface area contributed by atoms with Gasteiger partial charge in [-0.3, -0.25) is 0 Å². The molecule has 0 heterocycles. The van der Waals surface area contributed by atoms with E-state index >= 15 is 0 Å². The van der Waals surface area contributed by atoms with Crippen LogP contribution < -0.4 is 4.74 Å². The van der Waals surface area contributed by atoms with E-state index in [1.165, 1.54) is 16.7 Å². The maximum absolute atomic E-state index is 5.49. The summed E-state index contributed by atoms with van der Waals surface area (Å²) in [6.45, 7) is 6.23. The molecule has 0 aliphatic carbocycles. The van der Waals surface area contributed by atoms with E-state index in [9.17, 15) is 0 Å². The molecule has 0 amide bonds. The van der Waals surface area contributed by atoms with Gasteiger partial charge in [0, 0.05) is 12.1 Å². The molecule has 0 saturated carbocycles. The van der Waals surface area contributed by atoms with Crippen molar-refractivity contribution >= 4 is 12.6 Å². The molecule has 0 bridgehead atoms. The Hall–Kier alpha value is -0.670. The van der Waals surface area contributed by atoms with Crippen LogP contribution in [0, 0.1) is 13.8 Å². The SMILES string of the molecule is COc1c(C)cc(C)cc1CN(C)CCCS. The van der Waals surface area contributed by atoms with Crippen molar-refractivity contribution in [2.45, 2.75) is 26.8 Å². The summed E-state index contributed by atoms with van der Waals surface area (Å²) >= 11 is 4.24. The van der Waals surface area contributed by atoms with Gasteiger partial charge in [-0.1, -0.05) is 17.7 Å². The first kappa shape index (κ1) is 14.4. The zero-order valence-electron chi connectivity index (χ0n) is 11.3. The van der Waals surface area contributed by atoms with Crippen LogP contribution in [0.1, 0.15) is 23.1 Å². The third-order valence-corrected chi connectivity index (χ3v) is 3.15. The van der Waals surface area contributed by atoms with E-state index in [2.05, 4.69) is 50.6 Å². The Labute approximate surface area is 110 Å². The fourth-order valence-corrected chi connectivity index (χ4v) is 2.30. The smallest absolute Gasteiger partial charge is 0.126 e. The van der Waals surface area contributed by atoms with E-state index in [4.69, 9.17) is 4.74 Å². The zero-order valence-corrected chi connectivity index (χ0v) is 12.2. The van der Waals surface area contributed by atoms with Crippen LogP contribution in [0.5, 0.6) is 5.75 Å². The van der Waals surface area contributed by atoms with Gasteiger partial charge in [0.05, 0.1) is 7.11 Å². The summed E-state index contributed by atoms with van der Waals surface area (Å²) in [4.78, 5) is 2.31. The average Bonchev–Trinajstić information content (AvgIpc) is 2.25. The molecule has 0 unspecified atom stereocenters. The Morgan fingerprint density at radius 2 is 2.00 bits per heavy atom. The highest BCUT2D eigenvalue weighted by Crippen LogP contribution is 2.26. The number of aryl methyl sites for hydroxylation is 2. The van der Waals surface area contributed by atoms with Crippen LogP contribution in [0.15, 0.2) is 12.1 Å². The molecule has 17 heavy (non-hydrogen) atoms. The van der Waals surface area contributed by atoms with Crippen LogP contribution in [-0.2, 0) is 6.54 Å². The van der Waals surface area contributed by atoms with Crippen molar-refractivity contribution in [3.05, 3.63) is 28.8 Å². The van der Waals surface area contributed by atoms with Crippen molar-refractivity contribution in [3.8, 4) is 5.75 Å². The molecule has 1 aromatic carbocycles. The van der Waals surface area contributed by atoms with Gasteiger partial charge in [-0.2, -0.15) is 12.6 Å². The van der Waals surface area contributed by atoms with E-state index < -0.39 is 0 Å². The number of thiol groups is 1. The first-order valence-corrected chi connectivity index (χ1v) is 6.65. The topological polar surface area (TPSA) is 12.5 Å². The highest BCUT2D eigenvalue weighted by atomic mass is 32.1. The minimum atomic E-state index is 0.930. The first-order valence-electron chi connectivity index (χ1n) is 6.02. The number of methoxy groups -OCH3 is 1. The van der Waals surface area contributed by atoms with Crippen molar-refractivity contribution in [1.82, 2.24) is 4.90 Å². The van der Waals surface area contributed by atoms with Crippen LogP contribution in [0.25, 0.3) is 0 Å². The minimum absolute atomic E-state index is 0.930. The Kier molecular flexibility index (Phi) is 5.86. The second-order valence-electron chi connectivity index (χ2n) is 4.59. The Morgan fingerprint density at radius 1 is 1.29 bits per heavy atom. The molecular weight excluding hydrogens is 230 g/mol. The van der Waals surface area contributed by atoms with Gasteiger partial charge in [-0.05, 0) is 45.2 Å². The summed E-state index contributed by atoms with van der Waals surface area (Å²) in [6, 6.07) is 4.37. The van der Waals surface area contributed by atoms with Gasteiger partial charge in [0.1, 0.15) is 5.75 Å². The van der Waals surface area contributed by atoms with E-state index in [0.717, 1.165) is 31.0 Å². The van der Waals surface area contributed by atoms with Crippen molar-refractivity contribution in [3.63, 3.8) is 0 Å². The number of rotatable bonds is 6. The lowest BCUT2D eigenvalue weighted by Crippen LogP contribution is -2.20. The molecule has 0 aliphatic rings. The molecule has 0 atom stereocenters. The van der Waals surface area contributed by atoms with Crippen molar-refractivity contribution in [1.29, 1.82) is 0 Å². The molecule has 0 radical (unpaired) electrons. The maximum atomic E-state index is 5.49. The number of benzene rings is 1. The summed E-state index contributed by atoms with van der Waals surface area (Å²) in [5.74, 6) is 1.96. The molecule has 0 aliphatic heterocycles. The Balaban J connectivity index is 2.81. The van der Waals surface area contributed by atoms with E-state index in [-0.39, 0.29) is 0 Å². The molecule has 0 aromatic heterocycles. The van der Waals surface area contributed by atoms with Crippen molar-refractivity contribution in [2.75, 3.05) is 26.5 Å². The highest BCUT2D eigenvalue weighted by molar-refractivity contribution is 7.80. The van der Waals surface area contributed by atoms with Gasteiger partial charge in [0.25, 0.3) is 0 Å². The number of ether oxygens (including phenoxy) is 1. The van der Waals surface area contributed by atoms with Gasteiger partial charge in [0.2, 0.25) is 0 Å². The Bertz CT molecular complexity index is 365. The summed E-state index contributed by atoms with van der Waals surface area (Å²) < 4.78 is 5.49. The lowest BCUT2D eigenvalue weighted by Gasteiger charge is -2.19. The van der Waals surface area contributed by atoms with Crippen molar-refractivity contribution in [2.24, 2.45) is 0 Å². The van der Waals surface area contributed by atoms with Gasteiger partial charge in [-0.15, -0.1) is 0 Å². The first-order chi connectivity index (χ1) is 8.08. The lowest BCUT2D eigenvalue weighted by atomic mass is 10.1. The predicted molar refractivity (Wildman–Crippen MR) is 77.3 cm³/mol. The summed E-state index contributed by atoms with van der Waals surface area (Å²) in [5.41, 5.74) is 3.78. The van der Waals surface area contributed by atoms with Gasteiger partial charge in [-0.25, -0.2) is 0 Å². The van der Waals surface area contributed by atoms with Gasteiger partial charge >= 0.3 is 0 Å².